The first kappa shape index (κ1) is 21.5. The number of sulfonamides is 1. The van der Waals surface area contributed by atoms with E-state index in [0.717, 1.165) is 23.7 Å². The number of aromatic nitrogens is 1. The molecule has 162 valence electrons. The summed E-state index contributed by atoms with van der Waals surface area (Å²) in [6, 6.07) is 11.2. The number of hydrogen-bond acceptors (Lipinski definition) is 5. The number of H-pyrrole nitrogens is 1. The molecule has 1 aromatic heterocycles. The zero-order valence-corrected chi connectivity index (χ0v) is 18.4. The van der Waals surface area contributed by atoms with Crippen molar-refractivity contribution in [2.75, 3.05) is 13.1 Å². The van der Waals surface area contributed by atoms with E-state index in [1.165, 1.54) is 29.4 Å². The molecule has 2 heterocycles. The molecular weight excluding hydrogens is 440 g/mol. The standard InChI is InChI=1S/C22H21ClN2O5S/c1-14(21(26)18-13-24-20-7-3-2-6-16(18)20)30-22(27)17-12-15(8-9-19(17)23)31(28,29)25-10-4-5-11-25/h2-3,6-9,12-14,24H,4-5,10-11H2,1H3. The van der Waals surface area contributed by atoms with E-state index in [-0.39, 0.29) is 21.3 Å². The lowest BCUT2D eigenvalue weighted by molar-refractivity contribution is 0.0319. The van der Waals surface area contributed by atoms with Gasteiger partial charge in [0.15, 0.2) is 6.10 Å². The molecule has 1 saturated heterocycles. The minimum atomic E-state index is -3.72. The van der Waals surface area contributed by atoms with E-state index in [1.807, 2.05) is 18.2 Å². The molecule has 7 nitrogen and oxygen atoms in total. The average Bonchev–Trinajstić information content (AvgIpc) is 3.44. The number of ether oxygens (including phenoxy) is 1. The Balaban J connectivity index is 1.56. The van der Waals surface area contributed by atoms with Crippen molar-refractivity contribution in [1.29, 1.82) is 0 Å². The van der Waals surface area contributed by atoms with Gasteiger partial charge < -0.3 is 9.72 Å². The van der Waals surface area contributed by atoms with Crippen molar-refractivity contribution in [2.24, 2.45) is 0 Å². The number of carbonyl (C=O) groups excluding carboxylic acids is 2. The first-order chi connectivity index (χ1) is 14.8. The lowest BCUT2D eigenvalue weighted by Gasteiger charge is -2.17. The van der Waals surface area contributed by atoms with E-state index >= 15 is 0 Å². The maximum absolute atomic E-state index is 12.8. The van der Waals surface area contributed by atoms with Crippen LogP contribution in [0.5, 0.6) is 0 Å². The van der Waals surface area contributed by atoms with Crippen LogP contribution in [0.1, 0.15) is 40.5 Å². The third kappa shape index (κ3) is 4.11. The van der Waals surface area contributed by atoms with Crippen LogP contribution in [0.25, 0.3) is 10.9 Å². The fraction of sp³-hybridized carbons (Fsp3) is 0.273. The molecular formula is C22H21ClN2O5S. The molecule has 1 unspecified atom stereocenters. The Bertz CT molecular complexity index is 1260. The Kier molecular flexibility index (Phi) is 5.88. The van der Waals surface area contributed by atoms with E-state index in [9.17, 15) is 18.0 Å². The molecule has 0 radical (unpaired) electrons. The Morgan fingerprint density at radius 1 is 1.10 bits per heavy atom. The largest absolute Gasteiger partial charge is 0.451 e. The zero-order chi connectivity index (χ0) is 22.2. The van der Waals surface area contributed by atoms with Gasteiger partial charge in [0.2, 0.25) is 15.8 Å². The summed E-state index contributed by atoms with van der Waals surface area (Å²) in [6.07, 6.45) is 2.10. The molecule has 0 spiro atoms. The number of halogens is 1. The minimum Gasteiger partial charge on any atom is -0.451 e. The monoisotopic (exact) mass is 460 g/mol. The number of rotatable bonds is 6. The summed E-state index contributed by atoms with van der Waals surface area (Å²) >= 11 is 6.14. The molecule has 0 aliphatic carbocycles. The number of carbonyl (C=O) groups is 2. The number of nitrogens with zero attached hydrogens (tertiary/aromatic N) is 1. The number of fused-ring (bicyclic) bond motifs is 1. The van der Waals surface area contributed by atoms with Crippen LogP contribution in [0.4, 0.5) is 0 Å². The van der Waals surface area contributed by atoms with E-state index < -0.39 is 22.1 Å². The number of para-hydroxylation sites is 1. The highest BCUT2D eigenvalue weighted by atomic mass is 35.5. The van der Waals surface area contributed by atoms with E-state index in [0.29, 0.717) is 18.7 Å². The molecule has 1 atom stereocenters. The Morgan fingerprint density at radius 3 is 2.55 bits per heavy atom. The van der Waals surface area contributed by atoms with Crippen molar-refractivity contribution in [3.8, 4) is 0 Å². The Labute approximate surface area is 185 Å². The first-order valence-electron chi connectivity index (χ1n) is 9.90. The second kappa shape index (κ2) is 8.45. The summed E-state index contributed by atoms with van der Waals surface area (Å²) in [5, 5.41) is 0.782. The van der Waals surface area contributed by atoms with Gasteiger partial charge >= 0.3 is 5.97 Å². The molecule has 9 heteroatoms. The predicted molar refractivity (Wildman–Crippen MR) is 117 cm³/mol. The fourth-order valence-corrected chi connectivity index (χ4v) is 5.41. The maximum atomic E-state index is 12.8. The molecule has 2 aromatic carbocycles. The normalized spacial score (nSPS) is 15.8. The number of Topliss-reactive ketones (excluding diaryl/α,β-unsaturated/α-hetero) is 1. The molecule has 1 N–H and O–H groups in total. The molecule has 1 fully saturated rings. The van der Waals surface area contributed by atoms with Crippen molar-refractivity contribution in [2.45, 2.75) is 30.8 Å². The van der Waals surface area contributed by atoms with E-state index in [1.54, 1.807) is 12.3 Å². The van der Waals surface area contributed by atoms with Gasteiger partial charge in [-0.25, -0.2) is 13.2 Å². The quantitative estimate of drug-likeness (QED) is 0.442. The van der Waals surface area contributed by atoms with Gasteiger partial charge in [-0.05, 0) is 44.0 Å². The van der Waals surface area contributed by atoms with Crippen LogP contribution in [0, 0.1) is 0 Å². The second-order valence-electron chi connectivity index (χ2n) is 7.41. The average molecular weight is 461 g/mol. The first-order valence-corrected chi connectivity index (χ1v) is 11.7. The summed E-state index contributed by atoms with van der Waals surface area (Å²) in [7, 11) is -3.72. The van der Waals surface area contributed by atoms with Crippen LogP contribution in [0.15, 0.2) is 53.6 Å². The third-order valence-corrected chi connectivity index (χ3v) is 7.59. The maximum Gasteiger partial charge on any atom is 0.340 e. The lowest BCUT2D eigenvalue weighted by Crippen LogP contribution is -2.28. The van der Waals surface area contributed by atoms with E-state index in [2.05, 4.69) is 4.98 Å². The van der Waals surface area contributed by atoms with Gasteiger partial charge in [-0.15, -0.1) is 0 Å². The number of nitrogens with one attached hydrogen (secondary N) is 1. The molecule has 1 aliphatic heterocycles. The van der Waals surface area contributed by atoms with Crippen molar-refractivity contribution in [3.05, 3.63) is 64.8 Å². The fourth-order valence-electron chi connectivity index (χ4n) is 3.67. The van der Waals surface area contributed by atoms with Gasteiger partial charge in [0.05, 0.1) is 15.5 Å². The Hall–Kier alpha value is -2.68. The smallest absolute Gasteiger partial charge is 0.340 e. The van der Waals surface area contributed by atoms with E-state index in [4.69, 9.17) is 16.3 Å². The summed E-state index contributed by atoms with van der Waals surface area (Å²) in [5.41, 5.74) is 1.11. The summed E-state index contributed by atoms with van der Waals surface area (Å²) < 4.78 is 32.3. The van der Waals surface area contributed by atoms with Gasteiger partial charge in [-0.1, -0.05) is 29.8 Å². The van der Waals surface area contributed by atoms with Crippen molar-refractivity contribution >= 4 is 44.3 Å². The molecule has 4 rings (SSSR count). The van der Waals surface area contributed by atoms with Crippen LogP contribution in [0.2, 0.25) is 5.02 Å². The number of esters is 1. The Morgan fingerprint density at radius 2 is 1.81 bits per heavy atom. The van der Waals surface area contributed by atoms with Crippen LogP contribution in [-0.2, 0) is 14.8 Å². The molecule has 31 heavy (non-hydrogen) atoms. The highest BCUT2D eigenvalue weighted by Gasteiger charge is 2.29. The lowest BCUT2D eigenvalue weighted by atomic mass is 10.1. The van der Waals surface area contributed by atoms with Gasteiger partial charge in [-0.2, -0.15) is 4.31 Å². The topological polar surface area (TPSA) is 96.5 Å². The van der Waals surface area contributed by atoms with Crippen LogP contribution in [-0.4, -0.2) is 48.7 Å². The summed E-state index contributed by atoms with van der Waals surface area (Å²) in [4.78, 5) is 28.6. The number of aromatic amines is 1. The number of hydrogen-bond donors (Lipinski definition) is 1. The SMILES string of the molecule is CC(OC(=O)c1cc(S(=O)(=O)N2CCCC2)ccc1Cl)C(=O)c1c[nH]c2ccccc12. The summed E-state index contributed by atoms with van der Waals surface area (Å²) in [5.74, 6) is -1.23. The molecule has 1 aliphatic rings. The van der Waals surface area contributed by atoms with Crippen molar-refractivity contribution < 1.29 is 22.7 Å². The number of ketones is 1. The molecule has 0 saturated carbocycles. The molecule has 0 bridgehead atoms. The second-order valence-corrected chi connectivity index (χ2v) is 9.76. The van der Waals surface area contributed by atoms with Crippen molar-refractivity contribution in [3.63, 3.8) is 0 Å². The van der Waals surface area contributed by atoms with Gasteiger partial charge in [0.25, 0.3) is 0 Å². The van der Waals surface area contributed by atoms with Gasteiger partial charge in [-0.3, -0.25) is 4.79 Å². The van der Waals surface area contributed by atoms with Crippen molar-refractivity contribution in [1.82, 2.24) is 9.29 Å². The molecule has 3 aromatic rings. The van der Waals surface area contributed by atoms with Crippen LogP contribution in [0.3, 0.4) is 0 Å². The minimum absolute atomic E-state index is 0.0265. The van der Waals surface area contributed by atoms with Crippen LogP contribution < -0.4 is 0 Å². The van der Waals surface area contributed by atoms with Gasteiger partial charge in [0, 0.05) is 35.8 Å². The third-order valence-electron chi connectivity index (χ3n) is 5.37. The predicted octanol–water partition coefficient (Wildman–Crippen LogP) is 4.03. The highest BCUT2D eigenvalue weighted by molar-refractivity contribution is 7.89. The van der Waals surface area contributed by atoms with Gasteiger partial charge in [0.1, 0.15) is 0 Å². The molecule has 0 amide bonds. The zero-order valence-electron chi connectivity index (χ0n) is 16.8. The number of benzene rings is 2. The highest BCUT2D eigenvalue weighted by Crippen LogP contribution is 2.27. The summed E-state index contributed by atoms with van der Waals surface area (Å²) in [6.45, 7) is 2.36. The van der Waals surface area contributed by atoms with Crippen LogP contribution >= 0.6 is 11.6 Å².